The Labute approximate surface area is 134 Å². The number of nitrogens with one attached hydrogen (secondary N) is 1. The van der Waals surface area contributed by atoms with Gasteiger partial charge in [0.2, 0.25) is 0 Å². The van der Waals surface area contributed by atoms with Crippen LogP contribution < -0.4 is 4.72 Å². The molecule has 0 aliphatic rings. The van der Waals surface area contributed by atoms with Crippen molar-refractivity contribution in [3.63, 3.8) is 0 Å². The molecule has 0 saturated heterocycles. The number of rotatable bonds is 4. The van der Waals surface area contributed by atoms with Crippen molar-refractivity contribution in [3.05, 3.63) is 55.8 Å². The molecule has 0 fully saturated rings. The number of aryl methyl sites for hydroxylation is 1. The Kier molecular flexibility index (Phi) is 4.42. The molecule has 0 radical (unpaired) electrons. The summed E-state index contributed by atoms with van der Waals surface area (Å²) in [5.41, 5.74) is 0.153. The molecule has 0 spiro atoms. The third-order valence-electron chi connectivity index (χ3n) is 2.65. The number of benzene rings is 1. The van der Waals surface area contributed by atoms with Crippen LogP contribution in [0, 0.1) is 20.6 Å². The molecular weight excluding hydrogens is 409 g/mol. The monoisotopic (exact) mass is 419 g/mol. The largest absolute Gasteiger partial charge is 0.273 e. The summed E-state index contributed by atoms with van der Waals surface area (Å²) in [5.74, 6) is 0.152. The van der Waals surface area contributed by atoms with Gasteiger partial charge in [0.15, 0.2) is 0 Å². The van der Waals surface area contributed by atoms with E-state index in [2.05, 4.69) is 9.71 Å². The van der Waals surface area contributed by atoms with Crippen molar-refractivity contribution < 1.29 is 13.3 Å². The van der Waals surface area contributed by atoms with Gasteiger partial charge in [-0.05, 0) is 47.7 Å². The van der Waals surface area contributed by atoms with Crippen molar-refractivity contribution in [1.29, 1.82) is 0 Å². The molecule has 7 nitrogen and oxygen atoms in total. The zero-order valence-corrected chi connectivity index (χ0v) is 13.8. The zero-order valence-electron chi connectivity index (χ0n) is 10.8. The summed E-state index contributed by atoms with van der Waals surface area (Å²) >= 11 is 2.05. The van der Waals surface area contributed by atoms with Crippen LogP contribution in [-0.2, 0) is 10.0 Å². The number of nitrogens with zero attached hydrogens (tertiary/aromatic N) is 2. The molecular formula is C12H10IN3O4S. The topological polar surface area (TPSA) is 102 Å². The fourth-order valence-corrected chi connectivity index (χ4v) is 2.93. The highest BCUT2D eigenvalue weighted by Crippen LogP contribution is 2.23. The highest BCUT2D eigenvalue weighted by atomic mass is 127. The van der Waals surface area contributed by atoms with E-state index in [1.54, 1.807) is 13.0 Å². The molecule has 1 aromatic carbocycles. The Morgan fingerprint density at radius 2 is 2.00 bits per heavy atom. The van der Waals surface area contributed by atoms with Gasteiger partial charge in [-0.3, -0.25) is 14.8 Å². The lowest BCUT2D eigenvalue weighted by molar-refractivity contribution is -0.385. The van der Waals surface area contributed by atoms with E-state index in [9.17, 15) is 18.5 Å². The number of halogens is 1. The fourth-order valence-electron chi connectivity index (χ4n) is 1.59. The minimum absolute atomic E-state index is 0.152. The van der Waals surface area contributed by atoms with Crippen molar-refractivity contribution in [2.45, 2.75) is 11.8 Å². The summed E-state index contributed by atoms with van der Waals surface area (Å²) in [6, 6.07) is 6.96. The molecule has 0 bridgehead atoms. The number of nitro groups is 1. The highest BCUT2D eigenvalue weighted by Gasteiger charge is 2.20. The first-order valence-corrected chi connectivity index (χ1v) is 8.25. The summed E-state index contributed by atoms with van der Waals surface area (Å²) in [6.07, 6.45) is 1.51. The van der Waals surface area contributed by atoms with Crippen molar-refractivity contribution in [1.82, 2.24) is 4.98 Å². The molecule has 0 aliphatic carbocycles. The van der Waals surface area contributed by atoms with Crippen molar-refractivity contribution >= 4 is 44.1 Å². The van der Waals surface area contributed by atoms with Crippen LogP contribution in [0.5, 0.6) is 0 Å². The van der Waals surface area contributed by atoms with Crippen molar-refractivity contribution in [2.24, 2.45) is 0 Å². The van der Waals surface area contributed by atoms with Gasteiger partial charge in [0.25, 0.3) is 15.7 Å². The average molecular weight is 419 g/mol. The molecule has 0 aliphatic heterocycles. The van der Waals surface area contributed by atoms with Gasteiger partial charge in [0, 0.05) is 21.4 Å². The summed E-state index contributed by atoms with van der Waals surface area (Å²) in [4.78, 5) is 14.0. The van der Waals surface area contributed by atoms with E-state index < -0.39 is 14.9 Å². The van der Waals surface area contributed by atoms with E-state index in [1.807, 2.05) is 22.6 Å². The van der Waals surface area contributed by atoms with Crippen LogP contribution in [0.2, 0.25) is 0 Å². The van der Waals surface area contributed by atoms with Gasteiger partial charge in [-0.1, -0.05) is 6.07 Å². The second-order valence-corrected chi connectivity index (χ2v) is 7.10. The molecule has 110 valence electrons. The number of anilines is 1. The van der Waals surface area contributed by atoms with Crippen LogP contribution in [0.1, 0.15) is 5.56 Å². The fraction of sp³-hybridized carbons (Fsp3) is 0.0833. The number of hydrogen-bond acceptors (Lipinski definition) is 5. The molecule has 9 heteroatoms. The van der Waals surface area contributed by atoms with Crippen LogP contribution in [-0.4, -0.2) is 18.3 Å². The number of nitro benzene ring substituents is 1. The lowest BCUT2D eigenvalue weighted by Gasteiger charge is -2.08. The number of sulfonamides is 1. The van der Waals surface area contributed by atoms with Crippen LogP contribution in [0.25, 0.3) is 0 Å². The highest BCUT2D eigenvalue weighted by molar-refractivity contribution is 14.1. The molecule has 0 saturated carbocycles. The minimum Gasteiger partial charge on any atom is -0.263 e. The normalized spacial score (nSPS) is 11.1. The molecule has 2 rings (SSSR count). The molecule has 2 aromatic rings. The summed E-state index contributed by atoms with van der Waals surface area (Å²) in [6.45, 7) is 1.54. The number of aromatic nitrogens is 1. The van der Waals surface area contributed by atoms with Gasteiger partial charge in [-0.2, -0.15) is 0 Å². The maximum atomic E-state index is 12.2. The second-order valence-electron chi connectivity index (χ2n) is 4.17. The summed E-state index contributed by atoms with van der Waals surface area (Å²) in [5, 5.41) is 10.9. The minimum atomic E-state index is -3.92. The quantitative estimate of drug-likeness (QED) is 0.467. The van der Waals surface area contributed by atoms with Gasteiger partial charge in [-0.25, -0.2) is 13.4 Å². The van der Waals surface area contributed by atoms with Gasteiger partial charge in [0.05, 0.1) is 9.82 Å². The first-order valence-electron chi connectivity index (χ1n) is 5.69. The average Bonchev–Trinajstić information content (AvgIpc) is 2.41. The van der Waals surface area contributed by atoms with Crippen LogP contribution in [0.4, 0.5) is 11.5 Å². The predicted octanol–water partition coefficient (Wildman–Crippen LogP) is 2.70. The molecule has 1 heterocycles. The summed E-state index contributed by atoms with van der Waals surface area (Å²) < 4.78 is 27.5. The first kappa shape index (κ1) is 15.6. The SMILES string of the molecule is Cc1ccc(S(=O)(=O)Nc2ccc(I)cn2)cc1[N+](=O)[O-]. The van der Waals surface area contributed by atoms with Crippen LogP contribution in [0.15, 0.2) is 41.4 Å². The van der Waals surface area contributed by atoms with E-state index in [-0.39, 0.29) is 16.4 Å². The van der Waals surface area contributed by atoms with Crippen LogP contribution >= 0.6 is 22.6 Å². The standard InChI is InChI=1S/C12H10IN3O4S/c1-8-2-4-10(6-11(8)16(17)18)21(19,20)15-12-5-3-9(13)7-14-12/h2-7H,1H3,(H,14,15). The summed E-state index contributed by atoms with van der Waals surface area (Å²) in [7, 11) is -3.92. The molecule has 0 unspecified atom stereocenters. The Balaban J connectivity index is 2.38. The van der Waals surface area contributed by atoms with Gasteiger partial charge < -0.3 is 0 Å². The number of hydrogen-bond donors (Lipinski definition) is 1. The Morgan fingerprint density at radius 1 is 1.29 bits per heavy atom. The molecule has 21 heavy (non-hydrogen) atoms. The van der Waals surface area contributed by atoms with E-state index >= 15 is 0 Å². The van der Waals surface area contributed by atoms with Gasteiger partial charge in [0.1, 0.15) is 5.82 Å². The predicted molar refractivity (Wildman–Crippen MR) is 85.6 cm³/mol. The Hall–Kier alpha value is -1.75. The first-order chi connectivity index (χ1) is 9.79. The molecule has 1 N–H and O–H groups in total. The van der Waals surface area contributed by atoms with E-state index in [1.165, 1.54) is 24.4 Å². The van der Waals surface area contributed by atoms with E-state index in [0.29, 0.717) is 5.56 Å². The Bertz CT molecular complexity index is 791. The maximum absolute atomic E-state index is 12.2. The molecule has 0 atom stereocenters. The van der Waals surface area contributed by atoms with Crippen molar-refractivity contribution in [3.8, 4) is 0 Å². The van der Waals surface area contributed by atoms with E-state index in [0.717, 1.165) is 9.64 Å². The number of pyridine rings is 1. The second kappa shape index (κ2) is 5.93. The smallest absolute Gasteiger partial charge is 0.263 e. The van der Waals surface area contributed by atoms with Crippen molar-refractivity contribution in [2.75, 3.05) is 4.72 Å². The third-order valence-corrected chi connectivity index (χ3v) is 4.64. The lowest BCUT2D eigenvalue weighted by Crippen LogP contribution is -2.14. The molecule has 1 aromatic heterocycles. The van der Waals surface area contributed by atoms with Crippen LogP contribution in [0.3, 0.4) is 0 Å². The van der Waals surface area contributed by atoms with E-state index in [4.69, 9.17) is 0 Å². The Morgan fingerprint density at radius 3 is 2.57 bits per heavy atom. The lowest BCUT2D eigenvalue weighted by atomic mass is 10.2. The van der Waals surface area contributed by atoms with Gasteiger partial charge in [-0.15, -0.1) is 0 Å². The zero-order chi connectivity index (χ0) is 15.6. The molecule has 0 amide bonds. The third kappa shape index (κ3) is 3.67. The van der Waals surface area contributed by atoms with Gasteiger partial charge >= 0.3 is 0 Å². The maximum Gasteiger partial charge on any atom is 0.273 e.